The smallest absolute Gasteiger partial charge is 0.268 e. The van der Waals surface area contributed by atoms with Crippen molar-refractivity contribution < 1.29 is 8.42 Å². The van der Waals surface area contributed by atoms with Gasteiger partial charge in [0.2, 0.25) is 0 Å². The zero-order chi connectivity index (χ0) is 18.0. The maximum atomic E-state index is 13.2. The topological polar surface area (TPSA) is 63.1 Å². The summed E-state index contributed by atoms with van der Waals surface area (Å²) in [5.41, 5.74) is 2.35. The lowest BCUT2D eigenvalue weighted by molar-refractivity contribution is 0.588. The summed E-state index contributed by atoms with van der Waals surface area (Å²) in [5, 5.41) is 6.71. The summed E-state index contributed by atoms with van der Waals surface area (Å²) in [6.45, 7) is 1.88. The van der Waals surface area contributed by atoms with Crippen LogP contribution in [-0.4, -0.2) is 31.5 Å². The number of aromatic nitrogens is 1. The molecule has 0 unspecified atom stereocenters. The van der Waals surface area contributed by atoms with Crippen molar-refractivity contribution in [1.29, 1.82) is 0 Å². The molecule has 1 fully saturated rings. The van der Waals surface area contributed by atoms with Gasteiger partial charge >= 0.3 is 0 Å². The molecule has 1 aliphatic heterocycles. The molecule has 1 saturated heterocycles. The van der Waals surface area contributed by atoms with E-state index in [1.807, 2.05) is 42.5 Å². The number of hydrogen-bond acceptors (Lipinski definition) is 4. The zero-order valence-corrected chi connectivity index (χ0v) is 15.1. The molecule has 1 atom stereocenters. The number of benzene rings is 2. The van der Waals surface area contributed by atoms with E-state index in [0.29, 0.717) is 11.7 Å². The minimum atomic E-state index is -3.67. The van der Waals surface area contributed by atoms with Gasteiger partial charge in [-0.15, -0.1) is 0 Å². The van der Waals surface area contributed by atoms with Crippen molar-refractivity contribution in [2.75, 3.05) is 18.4 Å². The Hall–Kier alpha value is -2.57. The van der Waals surface area contributed by atoms with Crippen LogP contribution in [-0.2, 0) is 10.0 Å². The minimum absolute atomic E-state index is 0.279. The van der Waals surface area contributed by atoms with E-state index in [1.165, 1.54) is 3.97 Å². The fraction of sp³-hybridized carbons (Fsp3) is 0.200. The Balaban J connectivity index is 1.69. The molecule has 2 heterocycles. The highest BCUT2D eigenvalue weighted by Crippen LogP contribution is 2.26. The fourth-order valence-corrected chi connectivity index (χ4v) is 4.69. The Morgan fingerprint density at radius 3 is 2.62 bits per heavy atom. The molecule has 1 aliphatic rings. The third kappa shape index (κ3) is 3.25. The summed E-state index contributed by atoms with van der Waals surface area (Å²) in [6.07, 6.45) is 2.63. The average Bonchev–Trinajstić information content (AvgIpc) is 3.35. The van der Waals surface area contributed by atoms with Crippen molar-refractivity contribution in [3.63, 3.8) is 0 Å². The van der Waals surface area contributed by atoms with Gasteiger partial charge in [0, 0.05) is 24.5 Å². The van der Waals surface area contributed by atoms with Crippen LogP contribution in [0.4, 0.5) is 5.69 Å². The number of nitrogens with zero attached hydrogens (tertiary/aromatic N) is 1. The molecule has 3 aromatic rings. The van der Waals surface area contributed by atoms with Crippen LogP contribution in [0.2, 0.25) is 0 Å². The Morgan fingerprint density at radius 1 is 1.00 bits per heavy atom. The van der Waals surface area contributed by atoms with Gasteiger partial charge in [-0.25, -0.2) is 12.4 Å². The molecule has 26 heavy (non-hydrogen) atoms. The van der Waals surface area contributed by atoms with E-state index in [0.717, 1.165) is 30.8 Å². The Labute approximate surface area is 153 Å². The molecule has 6 heteroatoms. The third-order valence-corrected chi connectivity index (χ3v) is 6.29. The molecular weight excluding hydrogens is 346 g/mol. The maximum absolute atomic E-state index is 13.2. The third-order valence-electron chi connectivity index (χ3n) is 4.60. The minimum Gasteiger partial charge on any atom is -0.381 e. The van der Waals surface area contributed by atoms with Gasteiger partial charge in [-0.2, -0.15) is 0 Å². The van der Waals surface area contributed by atoms with Gasteiger partial charge < -0.3 is 10.6 Å². The second-order valence-electron chi connectivity index (χ2n) is 6.42. The first-order valence-electron chi connectivity index (χ1n) is 8.70. The second kappa shape index (κ2) is 6.97. The molecule has 4 rings (SSSR count). The molecule has 1 aromatic heterocycles. The Kier molecular flexibility index (Phi) is 4.53. The molecule has 2 N–H and O–H groups in total. The zero-order valence-electron chi connectivity index (χ0n) is 14.3. The van der Waals surface area contributed by atoms with E-state index in [9.17, 15) is 8.42 Å². The number of hydrogen-bond donors (Lipinski definition) is 2. The first kappa shape index (κ1) is 16.9. The lowest BCUT2D eigenvalue weighted by Gasteiger charge is -2.15. The van der Waals surface area contributed by atoms with Crippen LogP contribution in [0.15, 0.2) is 77.8 Å². The SMILES string of the molecule is O=S(=O)(c1cccc(N[C@H]2CCNC2)c1)n1cccc1-c1ccccc1. The van der Waals surface area contributed by atoms with E-state index in [1.54, 1.807) is 30.5 Å². The maximum Gasteiger partial charge on any atom is 0.268 e. The summed E-state index contributed by atoms with van der Waals surface area (Å²) < 4.78 is 27.7. The molecular formula is C20H21N3O2S. The van der Waals surface area contributed by atoms with E-state index < -0.39 is 10.0 Å². The van der Waals surface area contributed by atoms with Gasteiger partial charge in [0.15, 0.2) is 0 Å². The summed E-state index contributed by atoms with van der Waals surface area (Å²) in [5.74, 6) is 0. The van der Waals surface area contributed by atoms with Gasteiger partial charge in [0.05, 0.1) is 10.6 Å². The quantitative estimate of drug-likeness (QED) is 0.727. The largest absolute Gasteiger partial charge is 0.381 e. The molecule has 0 aliphatic carbocycles. The molecule has 134 valence electrons. The number of anilines is 1. The summed E-state index contributed by atoms with van der Waals surface area (Å²) in [7, 11) is -3.67. The van der Waals surface area contributed by atoms with Crippen LogP contribution < -0.4 is 10.6 Å². The van der Waals surface area contributed by atoms with Gasteiger partial charge in [0.25, 0.3) is 10.0 Å². The van der Waals surface area contributed by atoms with Crippen molar-refractivity contribution >= 4 is 15.7 Å². The Morgan fingerprint density at radius 2 is 1.85 bits per heavy atom. The lowest BCUT2D eigenvalue weighted by Crippen LogP contribution is -2.22. The van der Waals surface area contributed by atoms with E-state index in [4.69, 9.17) is 0 Å². The molecule has 0 amide bonds. The van der Waals surface area contributed by atoms with Gasteiger partial charge in [-0.05, 0) is 48.9 Å². The predicted octanol–water partition coefficient (Wildman–Crippen LogP) is 3.17. The van der Waals surface area contributed by atoms with Crippen molar-refractivity contribution in [3.05, 3.63) is 72.9 Å². The van der Waals surface area contributed by atoms with Crippen molar-refractivity contribution in [1.82, 2.24) is 9.29 Å². The summed E-state index contributed by atoms with van der Waals surface area (Å²) in [6, 6.07) is 20.5. The average molecular weight is 367 g/mol. The highest BCUT2D eigenvalue weighted by atomic mass is 32.2. The van der Waals surface area contributed by atoms with Gasteiger partial charge in [-0.3, -0.25) is 0 Å². The molecule has 0 spiro atoms. The lowest BCUT2D eigenvalue weighted by atomic mass is 10.2. The molecule has 0 bridgehead atoms. The van der Waals surface area contributed by atoms with Crippen LogP contribution >= 0.6 is 0 Å². The summed E-state index contributed by atoms with van der Waals surface area (Å²) >= 11 is 0. The Bertz CT molecular complexity index is 991. The molecule has 5 nitrogen and oxygen atoms in total. The predicted molar refractivity (Wildman–Crippen MR) is 104 cm³/mol. The van der Waals surface area contributed by atoms with Crippen LogP contribution in [0.25, 0.3) is 11.3 Å². The molecule has 0 saturated carbocycles. The van der Waals surface area contributed by atoms with Crippen molar-refractivity contribution in [2.24, 2.45) is 0 Å². The summed E-state index contributed by atoms with van der Waals surface area (Å²) in [4.78, 5) is 0.279. The highest BCUT2D eigenvalue weighted by molar-refractivity contribution is 7.90. The van der Waals surface area contributed by atoms with Gasteiger partial charge in [-0.1, -0.05) is 36.4 Å². The van der Waals surface area contributed by atoms with E-state index in [-0.39, 0.29) is 4.90 Å². The van der Waals surface area contributed by atoms with Crippen molar-refractivity contribution in [2.45, 2.75) is 17.4 Å². The van der Waals surface area contributed by atoms with E-state index >= 15 is 0 Å². The number of rotatable bonds is 5. The van der Waals surface area contributed by atoms with Gasteiger partial charge in [0.1, 0.15) is 0 Å². The molecule has 0 radical (unpaired) electrons. The molecule has 2 aromatic carbocycles. The van der Waals surface area contributed by atoms with Crippen molar-refractivity contribution in [3.8, 4) is 11.3 Å². The monoisotopic (exact) mass is 367 g/mol. The first-order chi connectivity index (χ1) is 12.6. The second-order valence-corrected chi connectivity index (χ2v) is 8.24. The van der Waals surface area contributed by atoms with E-state index in [2.05, 4.69) is 10.6 Å². The highest BCUT2D eigenvalue weighted by Gasteiger charge is 2.21. The van der Waals surface area contributed by atoms with Crippen LogP contribution in [0.1, 0.15) is 6.42 Å². The standard InChI is InChI=1S/C20H21N3O2S/c24-26(25,23-13-5-10-20(23)16-6-2-1-3-7-16)19-9-4-8-17(14-19)22-18-11-12-21-15-18/h1-10,13-14,18,21-22H,11-12,15H2/t18-/m0/s1. The normalized spacial score (nSPS) is 17.3. The van der Waals surface area contributed by atoms with Crippen LogP contribution in [0, 0.1) is 0 Å². The van der Waals surface area contributed by atoms with Crippen LogP contribution in [0.5, 0.6) is 0 Å². The fourth-order valence-electron chi connectivity index (χ4n) is 3.28. The first-order valence-corrected chi connectivity index (χ1v) is 10.1. The number of nitrogens with one attached hydrogen (secondary N) is 2. The van der Waals surface area contributed by atoms with Crippen LogP contribution in [0.3, 0.4) is 0 Å².